The summed E-state index contributed by atoms with van der Waals surface area (Å²) >= 11 is 6.44. The minimum absolute atomic E-state index is 0.225. The number of pyridine rings is 2. The highest BCUT2D eigenvalue weighted by atomic mass is 35.5. The fraction of sp³-hybridized carbons (Fsp3) is 0.375. The first-order chi connectivity index (χ1) is 16.0. The highest BCUT2D eigenvalue weighted by Crippen LogP contribution is 2.24. The number of nitrogens with one attached hydrogen (secondary N) is 2. The number of hydrogen-bond donors (Lipinski definition) is 3. The highest BCUT2D eigenvalue weighted by molar-refractivity contribution is 6.33. The molecular weight excluding hydrogens is 440 g/mol. The second-order valence-electron chi connectivity index (χ2n) is 8.24. The number of nitrogen functional groups attached to an aromatic ring is 1. The fourth-order valence-corrected chi connectivity index (χ4v) is 4.25. The molecule has 3 heterocycles. The minimum Gasteiger partial charge on any atom is -0.383 e. The van der Waals surface area contributed by atoms with Crippen molar-refractivity contribution >= 4 is 39.9 Å². The van der Waals surface area contributed by atoms with Gasteiger partial charge in [-0.25, -0.2) is 9.97 Å². The zero-order chi connectivity index (χ0) is 23.2. The van der Waals surface area contributed by atoms with E-state index < -0.39 is 0 Å². The third-order valence-corrected chi connectivity index (χ3v) is 6.24. The van der Waals surface area contributed by atoms with Gasteiger partial charge in [0.05, 0.1) is 17.2 Å². The van der Waals surface area contributed by atoms with E-state index in [1.807, 2.05) is 24.3 Å². The second-order valence-corrected chi connectivity index (χ2v) is 8.65. The molecule has 33 heavy (non-hydrogen) atoms. The summed E-state index contributed by atoms with van der Waals surface area (Å²) < 4.78 is 5.15. The number of amides is 1. The van der Waals surface area contributed by atoms with Gasteiger partial charge in [0, 0.05) is 57.1 Å². The Hall–Kier alpha value is -2.94. The van der Waals surface area contributed by atoms with Crippen molar-refractivity contribution in [3.63, 3.8) is 0 Å². The summed E-state index contributed by atoms with van der Waals surface area (Å²) in [6.45, 7) is 4.11. The monoisotopic (exact) mass is 468 g/mol. The average molecular weight is 469 g/mol. The summed E-state index contributed by atoms with van der Waals surface area (Å²) in [6.07, 6.45) is 5.26. The van der Waals surface area contributed by atoms with Crippen molar-refractivity contribution in [2.45, 2.75) is 25.4 Å². The first-order valence-electron chi connectivity index (χ1n) is 11.1. The number of nitrogens with two attached hydrogens (primary N) is 1. The summed E-state index contributed by atoms with van der Waals surface area (Å²) in [4.78, 5) is 23.5. The number of nitrogens with zero attached hydrogens (tertiary/aromatic N) is 3. The maximum Gasteiger partial charge on any atom is 0.253 e. The van der Waals surface area contributed by atoms with Gasteiger partial charge in [0.2, 0.25) is 0 Å². The largest absolute Gasteiger partial charge is 0.383 e. The van der Waals surface area contributed by atoms with E-state index in [0.717, 1.165) is 55.4 Å². The molecule has 1 amide bonds. The number of hydrogen-bond acceptors (Lipinski definition) is 7. The number of fused-ring (bicyclic) bond motifs is 1. The number of piperidine rings is 1. The molecule has 1 fully saturated rings. The molecule has 1 saturated heterocycles. The number of ether oxygens (including phenoxy) is 1. The highest BCUT2D eigenvalue weighted by Gasteiger charge is 2.20. The van der Waals surface area contributed by atoms with Crippen LogP contribution >= 0.6 is 11.6 Å². The van der Waals surface area contributed by atoms with Crippen molar-refractivity contribution in [1.29, 1.82) is 0 Å². The first kappa shape index (κ1) is 23.2. The average Bonchev–Trinajstić information content (AvgIpc) is 2.83. The van der Waals surface area contributed by atoms with E-state index in [9.17, 15) is 4.79 Å². The summed E-state index contributed by atoms with van der Waals surface area (Å²) in [5, 5.41) is 8.67. The van der Waals surface area contributed by atoms with Crippen LogP contribution in [0.15, 0.2) is 42.7 Å². The Morgan fingerprint density at radius 1 is 1.24 bits per heavy atom. The van der Waals surface area contributed by atoms with Crippen LogP contribution in [-0.4, -0.2) is 60.2 Å². The van der Waals surface area contributed by atoms with Crippen molar-refractivity contribution in [2.75, 3.05) is 44.4 Å². The number of anilines is 2. The van der Waals surface area contributed by atoms with E-state index >= 15 is 0 Å². The zero-order valence-corrected chi connectivity index (χ0v) is 19.4. The van der Waals surface area contributed by atoms with Crippen molar-refractivity contribution in [3.05, 3.63) is 58.9 Å². The number of benzene rings is 1. The number of methoxy groups -OCH3 is 1. The lowest BCUT2D eigenvalue weighted by Gasteiger charge is -2.32. The topological polar surface area (TPSA) is 105 Å². The Labute approximate surface area is 198 Å². The van der Waals surface area contributed by atoms with Crippen LogP contribution in [0.1, 0.15) is 28.8 Å². The van der Waals surface area contributed by atoms with Crippen molar-refractivity contribution in [1.82, 2.24) is 20.2 Å². The fourth-order valence-electron chi connectivity index (χ4n) is 4.03. The summed E-state index contributed by atoms with van der Waals surface area (Å²) in [5.41, 5.74) is 7.29. The van der Waals surface area contributed by atoms with Crippen molar-refractivity contribution < 1.29 is 9.53 Å². The summed E-state index contributed by atoms with van der Waals surface area (Å²) in [6, 6.07) is 9.71. The van der Waals surface area contributed by atoms with Gasteiger partial charge in [0.25, 0.3) is 5.91 Å². The van der Waals surface area contributed by atoms with E-state index in [2.05, 4.69) is 25.5 Å². The van der Waals surface area contributed by atoms with Crippen molar-refractivity contribution in [2.24, 2.45) is 0 Å². The molecule has 1 aliphatic heterocycles. The lowest BCUT2D eigenvalue weighted by molar-refractivity contribution is 0.0950. The Kier molecular flexibility index (Phi) is 7.59. The van der Waals surface area contributed by atoms with Crippen LogP contribution in [0.2, 0.25) is 5.02 Å². The van der Waals surface area contributed by atoms with Gasteiger partial charge in [-0.1, -0.05) is 23.7 Å². The van der Waals surface area contributed by atoms with Gasteiger partial charge < -0.3 is 26.0 Å². The van der Waals surface area contributed by atoms with E-state index in [0.29, 0.717) is 34.8 Å². The Balaban J connectivity index is 1.31. The second kappa shape index (κ2) is 10.8. The normalized spacial score (nSPS) is 15.0. The number of likely N-dealkylation sites (tertiary alicyclic amines) is 1. The lowest BCUT2D eigenvalue weighted by atomic mass is 10.1. The molecule has 2 aromatic heterocycles. The maximum absolute atomic E-state index is 12.6. The first-order valence-corrected chi connectivity index (χ1v) is 11.5. The molecule has 0 atom stereocenters. The number of carbonyl (C=O) groups is 1. The molecule has 0 aliphatic carbocycles. The Morgan fingerprint density at radius 3 is 2.82 bits per heavy atom. The maximum atomic E-state index is 12.6. The van der Waals surface area contributed by atoms with Crippen LogP contribution in [0, 0.1) is 0 Å². The third-order valence-electron chi connectivity index (χ3n) is 5.96. The zero-order valence-electron chi connectivity index (χ0n) is 18.7. The minimum atomic E-state index is -0.225. The quantitative estimate of drug-likeness (QED) is 0.465. The molecule has 4 N–H and O–H groups in total. The Bertz CT molecular complexity index is 1120. The Morgan fingerprint density at radius 2 is 2.06 bits per heavy atom. The van der Waals surface area contributed by atoms with Gasteiger partial charge in [0.1, 0.15) is 11.6 Å². The molecule has 8 nitrogen and oxygen atoms in total. The van der Waals surface area contributed by atoms with Crippen LogP contribution in [0.25, 0.3) is 10.8 Å². The molecule has 9 heteroatoms. The molecule has 0 spiro atoms. The third kappa shape index (κ3) is 5.90. The van der Waals surface area contributed by atoms with Crippen LogP contribution in [0.5, 0.6) is 0 Å². The molecule has 1 aromatic carbocycles. The standard InChI is InChI=1S/C24H29ClN6O2/c1-33-11-10-31-8-5-19(6-9-31)30-23-21(25)13-18(15-28-23)24(32)29-14-16-2-3-20-17(12-16)4-7-27-22(20)26/h2-4,7,12-13,15,19H,5-6,8-11,14H2,1H3,(H2,26,27)(H,28,30)(H,29,32). The molecular formula is C24H29ClN6O2. The predicted octanol–water partition coefficient (Wildman–Crippen LogP) is 3.32. The number of carbonyl (C=O) groups excluding carboxylic acids is 1. The molecule has 0 saturated carbocycles. The van der Waals surface area contributed by atoms with E-state index in [4.69, 9.17) is 22.1 Å². The van der Waals surface area contributed by atoms with E-state index in [1.54, 1.807) is 25.6 Å². The summed E-state index contributed by atoms with van der Waals surface area (Å²) in [5.74, 6) is 0.884. The molecule has 1 aliphatic rings. The smallest absolute Gasteiger partial charge is 0.253 e. The molecule has 0 radical (unpaired) electrons. The van der Waals surface area contributed by atoms with Crippen LogP contribution in [0.4, 0.5) is 11.6 Å². The molecule has 4 rings (SSSR count). The molecule has 174 valence electrons. The predicted molar refractivity (Wildman–Crippen MR) is 132 cm³/mol. The number of halogens is 1. The van der Waals surface area contributed by atoms with E-state index in [1.165, 1.54) is 0 Å². The van der Waals surface area contributed by atoms with Crippen molar-refractivity contribution in [3.8, 4) is 0 Å². The SMILES string of the molecule is COCCN1CCC(Nc2ncc(C(=O)NCc3ccc4c(N)nccc4c3)cc2Cl)CC1. The van der Waals surface area contributed by atoms with Crippen LogP contribution < -0.4 is 16.4 Å². The summed E-state index contributed by atoms with van der Waals surface area (Å²) in [7, 11) is 1.73. The number of aromatic nitrogens is 2. The van der Waals surface area contributed by atoms with Gasteiger partial charge in [-0.15, -0.1) is 0 Å². The van der Waals surface area contributed by atoms with Gasteiger partial charge in [-0.3, -0.25) is 4.79 Å². The molecule has 3 aromatic rings. The number of rotatable bonds is 8. The van der Waals surface area contributed by atoms with E-state index in [-0.39, 0.29) is 5.91 Å². The van der Waals surface area contributed by atoms with Crippen LogP contribution in [-0.2, 0) is 11.3 Å². The van der Waals surface area contributed by atoms with Gasteiger partial charge in [-0.2, -0.15) is 0 Å². The molecule has 0 bridgehead atoms. The lowest BCUT2D eigenvalue weighted by Crippen LogP contribution is -2.40. The van der Waals surface area contributed by atoms with Gasteiger partial charge in [-0.05, 0) is 42.0 Å². The van der Waals surface area contributed by atoms with Gasteiger partial charge >= 0.3 is 0 Å². The van der Waals surface area contributed by atoms with Crippen LogP contribution in [0.3, 0.4) is 0 Å². The molecule has 0 unspecified atom stereocenters. The van der Waals surface area contributed by atoms with Gasteiger partial charge in [0.15, 0.2) is 0 Å².